The normalized spacial score (nSPS) is 28.1. The predicted octanol–water partition coefficient (Wildman–Crippen LogP) is 4.12. The summed E-state index contributed by atoms with van der Waals surface area (Å²) in [6, 6.07) is 0.945. The van der Waals surface area contributed by atoms with Gasteiger partial charge >= 0.3 is 12.1 Å². The minimum absolute atomic E-state index is 0.0351. The van der Waals surface area contributed by atoms with Gasteiger partial charge in [0.1, 0.15) is 5.60 Å². The van der Waals surface area contributed by atoms with Gasteiger partial charge in [-0.3, -0.25) is 9.58 Å². The number of carbonyl (C=O) groups excluding carboxylic acids is 2. The lowest BCUT2D eigenvalue weighted by atomic mass is 9.61. The fourth-order valence-corrected chi connectivity index (χ4v) is 8.34. The highest BCUT2D eigenvalue weighted by Crippen LogP contribution is 2.55. The molecule has 10 heteroatoms. The largest absolute Gasteiger partial charge is 0.444 e. The first kappa shape index (κ1) is 28.6. The van der Waals surface area contributed by atoms with Crippen molar-refractivity contribution < 1.29 is 14.3 Å². The van der Waals surface area contributed by atoms with Gasteiger partial charge in [-0.15, -0.1) is 0 Å². The minimum Gasteiger partial charge on any atom is -0.444 e. The van der Waals surface area contributed by atoms with Crippen molar-refractivity contribution in [3.05, 3.63) is 11.3 Å². The molecule has 5 fully saturated rings. The Morgan fingerprint density at radius 2 is 1.73 bits per heavy atom. The highest BCUT2D eigenvalue weighted by molar-refractivity contribution is 5.77. The van der Waals surface area contributed by atoms with Crippen LogP contribution in [0.3, 0.4) is 0 Å². The lowest BCUT2D eigenvalue weighted by molar-refractivity contribution is -0.0930. The molecule has 5 aliphatic rings. The average molecular weight is 570 g/mol. The number of amides is 3. The smallest absolute Gasteiger partial charge is 0.410 e. The number of likely N-dealkylation sites (N-methyl/N-ethyl adjacent to an activating group) is 1. The van der Waals surface area contributed by atoms with Crippen LogP contribution in [0.15, 0.2) is 0 Å². The van der Waals surface area contributed by atoms with Crippen molar-refractivity contribution in [2.45, 2.75) is 97.4 Å². The summed E-state index contributed by atoms with van der Waals surface area (Å²) in [7, 11) is 1.92. The Morgan fingerprint density at radius 1 is 1.02 bits per heavy atom. The van der Waals surface area contributed by atoms with Crippen molar-refractivity contribution in [1.29, 1.82) is 0 Å². The van der Waals surface area contributed by atoms with Gasteiger partial charge in [0.05, 0.1) is 12.1 Å². The molecule has 10 nitrogen and oxygen atoms in total. The van der Waals surface area contributed by atoms with E-state index < -0.39 is 5.60 Å². The number of piperazine rings is 1. The molecule has 3 amide bonds. The zero-order valence-electron chi connectivity index (χ0n) is 26.6. The summed E-state index contributed by atoms with van der Waals surface area (Å²) in [5.74, 6) is 1.81. The van der Waals surface area contributed by atoms with Crippen LogP contribution in [0.25, 0.3) is 0 Å². The molecule has 1 spiro atoms. The monoisotopic (exact) mass is 569 g/mol. The third-order valence-corrected chi connectivity index (χ3v) is 10.5. The third-order valence-electron chi connectivity index (χ3n) is 10.5. The highest BCUT2D eigenvalue weighted by Gasteiger charge is 2.55. The van der Waals surface area contributed by atoms with Gasteiger partial charge < -0.3 is 24.3 Å². The Balaban J connectivity index is 1.04. The number of urea groups is 1. The van der Waals surface area contributed by atoms with E-state index in [0.717, 1.165) is 77.4 Å². The Hall–Kier alpha value is -2.49. The van der Waals surface area contributed by atoms with E-state index in [0.29, 0.717) is 18.0 Å². The number of nitrogens with zero attached hydrogens (tertiary/aromatic N) is 7. The molecule has 1 unspecified atom stereocenters. The van der Waals surface area contributed by atoms with Crippen molar-refractivity contribution in [2.75, 3.05) is 64.3 Å². The van der Waals surface area contributed by atoms with E-state index >= 15 is 0 Å². The van der Waals surface area contributed by atoms with E-state index in [2.05, 4.69) is 47.1 Å². The number of piperidine rings is 1. The molecule has 0 radical (unpaired) electrons. The van der Waals surface area contributed by atoms with Crippen molar-refractivity contribution in [3.63, 3.8) is 0 Å². The number of anilines is 1. The summed E-state index contributed by atoms with van der Waals surface area (Å²) in [5, 5.41) is 5.25. The topological polar surface area (TPSA) is 77.4 Å². The van der Waals surface area contributed by atoms with E-state index in [1.54, 1.807) is 0 Å². The molecule has 6 rings (SSSR count). The van der Waals surface area contributed by atoms with Gasteiger partial charge in [-0.2, -0.15) is 5.10 Å². The van der Waals surface area contributed by atoms with Crippen LogP contribution in [0, 0.1) is 25.2 Å². The highest BCUT2D eigenvalue weighted by atomic mass is 16.6. The van der Waals surface area contributed by atoms with Crippen LogP contribution >= 0.6 is 0 Å². The summed E-state index contributed by atoms with van der Waals surface area (Å²) >= 11 is 0. The lowest BCUT2D eigenvalue weighted by Crippen LogP contribution is -2.64. The zero-order chi connectivity index (χ0) is 29.5. The van der Waals surface area contributed by atoms with E-state index in [-0.39, 0.29) is 23.1 Å². The molecular weight excluding hydrogens is 518 g/mol. The lowest BCUT2D eigenvalue weighted by Gasteiger charge is -2.58. The van der Waals surface area contributed by atoms with Crippen molar-refractivity contribution in [1.82, 2.24) is 29.4 Å². The van der Waals surface area contributed by atoms with Crippen molar-refractivity contribution in [3.8, 4) is 0 Å². The fraction of sp³-hybridized carbons (Fsp3) is 0.839. The van der Waals surface area contributed by atoms with E-state index in [4.69, 9.17) is 9.84 Å². The molecule has 4 saturated heterocycles. The van der Waals surface area contributed by atoms with Crippen LogP contribution in [-0.4, -0.2) is 118 Å². The summed E-state index contributed by atoms with van der Waals surface area (Å²) in [5.41, 5.74) is 2.39. The van der Waals surface area contributed by atoms with E-state index in [1.165, 1.54) is 17.7 Å². The molecule has 1 aromatic rings. The number of hydrogen-bond donors (Lipinski definition) is 0. The van der Waals surface area contributed by atoms with Crippen molar-refractivity contribution >= 4 is 17.9 Å². The van der Waals surface area contributed by atoms with Gasteiger partial charge in [0.2, 0.25) is 0 Å². The fourth-order valence-electron chi connectivity index (χ4n) is 8.34. The van der Waals surface area contributed by atoms with Crippen LogP contribution in [0.4, 0.5) is 15.4 Å². The number of hydrogen-bond acceptors (Lipinski definition) is 6. The average Bonchev–Trinajstić information content (AvgIpc) is 3.25. The maximum atomic E-state index is 12.4. The van der Waals surface area contributed by atoms with Crippen LogP contribution in [0.2, 0.25) is 0 Å². The molecule has 2 atom stereocenters. The Bertz CT molecular complexity index is 1190. The molecule has 1 saturated carbocycles. The molecule has 5 heterocycles. The van der Waals surface area contributed by atoms with Gasteiger partial charge in [0.15, 0.2) is 5.82 Å². The Labute approximate surface area is 245 Å². The second-order valence-electron chi connectivity index (χ2n) is 15.5. The number of rotatable bonds is 4. The minimum atomic E-state index is -0.450. The molecule has 228 valence electrons. The number of ether oxygens (including phenoxy) is 1. The maximum Gasteiger partial charge on any atom is 0.410 e. The van der Waals surface area contributed by atoms with Crippen LogP contribution in [0.1, 0.15) is 77.6 Å². The van der Waals surface area contributed by atoms with Gasteiger partial charge in [-0.25, -0.2) is 9.59 Å². The van der Waals surface area contributed by atoms with Crippen LogP contribution in [-0.2, 0) is 4.74 Å². The van der Waals surface area contributed by atoms with E-state index in [1.807, 2.05) is 37.6 Å². The third kappa shape index (κ3) is 5.19. The quantitative estimate of drug-likeness (QED) is 0.543. The van der Waals surface area contributed by atoms with Gasteiger partial charge in [-0.1, -0.05) is 0 Å². The summed E-state index contributed by atoms with van der Waals surface area (Å²) < 4.78 is 7.84. The van der Waals surface area contributed by atoms with Crippen molar-refractivity contribution in [2.24, 2.45) is 11.3 Å². The molecule has 1 aromatic heterocycles. The van der Waals surface area contributed by atoms with E-state index in [9.17, 15) is 9.59 Å². The maximum absolute atomic E-state index is 12.4. The number of aromatic nitrogens is 2. The summed E-state index contributed by atoms with van der Waals surface area (Å²) in [4.78, 5) is 35.7. The molecular formula is C31H51N7O3. The zero-order valence-corrected chi connectivity index (χ0v) is 26.6. The first-order valence-corrected chi connectivity index (χ1v) is 15.7. The molecule has 0 bridgehead atoms. The number of carbonyl (C=O) groups is 2. The van der Waals surface area contributed by atoms with Crippen LogP contribution in [0.5, 0.6) is 0 Å². The second kappa shape index (κ2) is 9.78. The predicted molar refractivity (Wildman–Crippen MR) is 159 cm³/mol. The second-order valence-corrected chi connectivity index (χ2v) is 15.5. The Morgan fingerprint density at radius 3 is 2.39 bits per heavy atom. The van der Waals surface area contributed by atoms with Crippen LogP contribution < -0.4 is 4.90 Å². The first-order chi connectivity index (χ1) is 19.1. The molecule has 0 N–H and O–H groups in total. The summed E-state index contributed by atoms with van der Waals surface area (Å²) in [6.45, 7) is 22.4. The standard InChI is InChI=1S/C31H51N7O3/c1-21-22(2)38(24-14-31(15-24)19-35(20-31)28(40)41-29(3,4)5)32-26(21)37-10-9-23(13-30(37,6)7)16-34-11-12-36-25(18-34)17-33(8)27(36)39/h23-25H,9-20H2,1-8H3/t23-,25?/m1/s1. The number of likely N-dealkylation sites (tertiary alicyclic amines) is 1. The van der Waals surface area contributed by atoms with Gasteiger partial charge in [0.25, 0.3) is 0 Å². The molecule has 41 heavy (non-hydrogen) atoms. The summed E-state index contributed by atoms with van der Waals surface area (Å²) in [6.07, 6.45) is 4.29. The Kier molecular flexibility index (Phi) is 6.83. The SMILES string of the molecule is Cc1c(N2CC[C@@H](CN3CCN4C(=O)N(C)CC4C3)CC2(C)C)nn(C2CC3(C2)CN(C(=O)OC(C)(C)C)C3)c1C. The molecule has 4 aliphatic heterocycles. The van der Waals surface area contributed by atoms with Gasteiger partial charge in [0, 0.05) is 81.6 Å². The first-order valence-electron chi connectivity index (χ1n) is 15.7. The van der Waals surface area contributed by atoms with Gasteiger partial charge in [-0.05, 0) is 80.1 Å². The molecule has 1 aliphatic carbocycles. The number of fused-ring (bicyclic) bond motifs is 1. The molecule has 0 aromatic carbocycles.